The number of hydrogen-bond acceptors (Lipinski definition) is 6. The van der Waals surface area contributed by atoms with Crippen LogP contribution in [0.4, 0.5) is 18.9 Å². The highest BCUT2D eigenvalue weighted by Crippen LogP contribution is 2.35. The number of carbonyl (C=O) groups is 2. The predicted octanol–water partition coefficient (Wildman–Crippen LogP) is 2.82. The quantitative estimate of drug-likeness (QED) is 0.630. The second kappa shape index (κ2) is 8.74. The molecular weight excluding hydrogens is 433 g/mol. The minimum atomic E-state index is -5.61. The van der Waals surface area contributed by atoms with E-state index in [1.54, 1.807) is 18.2 Å². The third-order valence-corrected chi connectivity index (χ3v) is 6.12. The highest BCUT2D eigenvalue weighted by molar-refractivity contribution is 8.00. The van der Waals surface area contributed by atoms with Crippen LogP contribution in [0.5, 0.6) is 5.75 Å². The number of nitrogens with two attached hydrogens (primary N) is 1. The highest BCUT2D eigenvalue weighted by Gasteiger charge is 2.47. The Bertz CT molecular complexity index is 1040. The molecule has 0 aliphatic rings. The first kappa shape index (κ1) is 22.6. The average molecular weight is 448 g/mol. The Balaban J connectivity index is 2.40. The fraction of sp³-hybridized carbons (Fsp3) is 0.176. The molecule has 29 heavy (non-hydrogen) atoms. The molecule has 7 nitrogen and oxygen atoms in total. The summed E-state index contributed by atoms with van der Waals surface area (Å²) in [5.41, 5.74) is -0.555. The molecule has 12 heteroatoms. The van der Waals surface area contributed by atoms with E-state index in [1.807, 2.05) is 0 Å². The van der Waals surface area contributed by atoms with Gasteiger partial charge < -0.3 is 15.8 Å². The van der Waals surface area contributed by atoms with E-state index < -0.39 is 32.1 Å². The third kappa shape index (κ3) is 5.21. The number of halogens is 3. The summed E-state index contributed by atoms with van der Waals surface area (Å²) < 4.78 is 66.7. The van der Waals surface area contributed by atoms with E-state index in [9.17, 15) is 31.2 Å². The van der Waals surface area contributed by atoms with Crippen LogP contribution in [0.2, 0.25) is 0 Å². The maximum absolute atomic E-state index is 12.8. The number of sulfone groups is 1. The van der Waals surface area contributed by atoms with Crippen molar-refractivity contribution in [1.29, 1.82) is 0 Å². The molecule has 0 unspecified atom stereocenters. The second-order valence-corrected chi connectivity index (χ2v) is 8.47. The zero-order chi connectivity index (χ0) is 21.8. The van der Waals surface area contributed by atoms with E-state index in [2.05, 4.69) is 5.32 Å². The molecule has 0 aromatic heterocycles. The fourth-order valence-corrected chi connectivity index (χ4v) is 3.78. The molecular formula is C17H15F3N2O5S2. The molecule has 0 heterocycles. The lowest BCUT2D eigenvalue weighted by molar-refractivity contribution is -0.115. The lowest BCUT2D eigenvalue weighted by Crippen LogP contribution is -2.23. The molecule has 0 saturated carbocycles. The minimum absolute atomic E-state index is 0.0401. The Labute approximate surface area is 168 Å². The van der Waals surface area contributed by atoms with E-state index in [4.69, 9.17) is 10.5 Å². The SMILES string of the molecule is COc1ccc(S(=O)(=O)C(F)(F)F)cc1NC(=O)c1ccccc1SCC(N)=O. The van der Waals surface area contributed by atoms with Gasteiger partial charge >= 0.3 is 5.51 Å². The number of nitrogens with one attached hydrogen (secondary N) is 1. The average Bonchev–Trinajstić information content (AvgIpc) is 2.65. The van der Waals surface area contributed by atoms with Gasteiger partial charge in [-0.15, -0.1) is 11.8 Å². The van der Waals surface area contributed by atoms with Crippen LogP contribution in [-0.4, -0.2) is 38.6 Å². The Hall–Kier alpha value is -2.73. The summed E-state index contributed by atoms with van der Waals surface area (Å²) in [7, 11) is -4.41. The molecule has 0 aliphatic carbocycles. The Morgan fingerprint density at radius 3 is 2.41 bits per heavy atom. The van der Waals surface area contributed by atoms with Gasteiger partial charge in [-0.2, -0.15) is 13.2 Å². The highest BCUT2D eigenvalue weighted by atomic mass is 32.2. The van der Waals surface area contributed by atoms with E-state index in [0.717, 1.165) is 23.9 Å². The monoisotopic (exact) mass is 448 g/mol. The summed E-state index contributed by atoms with van der Waals surface area (Å²) in [4.78, 5) is 23.0. The molecule has 156 valence electrons. The van der Waals surface area contributed by atoms with Gasteiger partial charge in [0, 0.05) is 4.90 Å². The van der Waals surface area contributed by atoms with Gasteiger partial charge in [0.05, 0.1) is 29.0 Å². The summed E-state index contributed by atoms with van der Waals surface area (Å²) in [6.45, 7) is 0. The van der Waals surface area contributed by atoms with Crippen LogP contribution in [0, 0.1) is 0 Å². The first-order valence-electron chi connectivity index (χ1n) is 7.78. The lowest BCUT2D eigenvalue weighted by atomic mass is 10.2. The van der Waals surface area contributed by atoms with Gasteiger partial charge in [0.2, 0.25) is 5.91 Å². The maximum Gasteiger partial charge on any atom is 0.501 e. The van der Waals surface area contributed by atoms with Crippen LogP contribution in [0.15, 0.2) is 52.3 Å². The number of carbonyl (C=O) groups excluding carboxylic acids is 2. The van der Waals surface area contributed by atoms with Crippen molar-refractivity contribution in [3.05, 3.63) is 48.0 Å². The first-order valence-corrected chi connectivity index (χ1v) is 10.2. The van der Waals surface area contributed by atoms with E-state index in [-0.39, 0.29) is 22.8 Å². The number of methoxy groups -OCH3 is 1. The number of hydrogen-bond donors (Lipinski definition) is 2. The normalized spacial score (nSPS) is 11.7. The van der Waals surface area contributed by atoms with Crippen LogP contribution < -0.4 is 15.8 Å². The maximum atomic E-state index is 12.8. The van der Waals surface area contributed by atoms with Gasteiger partial charge in [-0.1, -0.05) is 12.1 Å². The second-order valence-electron chi connectivity index (χ2n) is 5.52. The van der Waals surface area contributed by atoms with Gasteiger partial charge in [0.25, 0.3) is 15.7 Å². The number of anilines is 1. The van der Waals surface area contributed by atoms with Crippen LogP contribution in [0.25, 0.3) is 0 Å². The number of benzene rings is 2. The van der Waals surface area contributed by atoms with Crippen molar-refractivity contribution in [2.24, 2.45) is 5.73 Å². The summed E-state index contributed by atoms with van der Waals surface area (Å²) >= 11 is 1.00. The summed E-state index contributed by atoms with van der Waals surface area (Å²) in [6.07, 6.45) is 0. The van der Waals surface area contributed by atoms with Crippen molar-refractivity contribution in [1.82, 2.24) is 0 Å². The van der Waals surface area contributed by atoms with Crippen LogP contribution >= 0.6 is 11.8 Å². The predicted molar refractivity (Wildman–Crippen MR) is 101 cm³/mol. The van der Waals surface area contributed by atoms with E-state index in [1.165, 1.54) is 13.2 Å². The standard InChI is InChI=1S/C17H15F3N2O5S2/c1-27-13-7-6-10(29(25,26)17(18,19)20)8-12(13)22-16(24)11-4-2-3-5-14(11)28-9-15(21)23/h2-8H,9H2,1H3,(H2,21,23)(H,22,24). The summed E-state index contributed by atoms with van der Waals surface area (Å²) in [5.74, 6) is -1.47. The van der Waals surface area contributed by atoms with Crippen LogP contribution in [-0.2, 0) is 14.6 Å². The minimum Gasteiger partial charge on any atom is -0.495 e. The molecule has 0 saturated heterocycles. The largest absolute Gasteiger partial charge is 0.501 e. The smallest absolute Gasteiger partial charge is 0.495 e. The van der Waals surface area contributed by atoms with Gasteiger partial charge in [0.15, 0.2) is 0 Å². The van der Waals surface area contributed by atoms with Crippen molar-refractivity contribution in [2.75, 3.05) is 18.2 Å². The van der Waals surface area contributed by atoms with Crippen molar-refractivity contribution in [3.8, 4) is 5.75 Å². The molecule has 2 amide bonds. The number of thioether (sulfide) groups is 1. The molecule has 3 N–H and O–H groups in total. The van der Waals surface area contributed by atoms with Crippen molar-refractivity contribution in [2.45, 2.75) is 15.3 Å². The number of ether oxygens (including phenoxy) is 1. The zero-order valence-electron chi connectivity index (χ0n) is 14.8. The van der Waals surface area contributed by atoms with Crippen molar-refractivity contribution in [3.63, 3.8) is 0 Å². The van der Waals surface area contributed by atoms with Crippen LogP contribution in [0.3, 0.4) is 0 Å². The van der Waals surface area contributed by atoms with Crippen molar-refractivity contribution < 1.29 is 35.9 Å². The third-order valence-electron chi connectivity index (χ3n) is 3.54. The molecule has 0 fully saturated rings. The Morgan fingerprint density at radius 1 is 1.17 bits per heavy atom. The Kier molecular flexibility index (Phi) is 6.80. The summed E-state index contributed by atoms with van der Waals surface area (Å²) in [6, 6.07) is 8.56. The lowest BCUT2D eigenvalue weighted by Gasteiger charge is -2.14. The fourth-order valence-electron chi connectivity index (χ4n) is 2.20. The molecule has 2 rings (SSSR count). The molecule has 0 atom stereocenters. The molecule has 2 aromatic carbocycles. The van der Waals surface area contributed by atoms with Gasteiger partial charge in [0.1, 0.15) is 5.75 Å². The molecule has 2 aromatic rings. The molecule has 0 radical (unpaired) electrons. The molecule has 0 bridgehead atoms. The van der Waals surface area contributed by atoms with Gasteiger partial charge in [-0.05, 0) is 30.3 Å². The number of amides is 2. The number of alkyl halides is 3. The topological polar surface area (TPSA) is 116 Å². The Morgan fingerprint density at radius 2 is 1.83 bits per heavy atom. The number of rotatable bonds is 7. The van der Waals surface area contributed by atoms with Crippen LogP contribution in [0.1, 0.15) is 10.4 Å². The van der Waals surface area contributed by atoms with Gasteiger partial charge in [-0.25, -0.2) is 8.42 Å². The summed E-state index contributed by atoms with van der Waals surface area (Å²) in [5, 5.41) is 2.34. The van der Waals surface area contributed by atoms with E-state index in [0.29, 0.717) is 11.0 Å². The molecule has 0 aliphatic heterocycles. The van der Waals surface area contributed by atoms with Crippen molar-refractivity contribution >= 4 is 39.1 Å². The van der Waals surface area contributed by atoms with E-state index >= 15 is 0 Å². The first-order chi connectivity index (χ1) is 13.5. The number of primary amides is 1. The zero-order valence-corrected chi connectivity index (χ0v) is 16.5. The molecule has 0 spiro atoms. The van der Waals surface area contributed by atoms with Gasteiger partial charge in [-0.3, -0.25) is 9.59 Å².